The molecule has 0 fully saturated rings. The number of hydrogen-bond acceptors (Lipinski definition) is 3. The van der Waals surface area contributed by atoms with E-state index in [1.54, 1.807) is 6.07 Å². The molecule has 1 atom stereocenters. The third-order valence-electron chi connectivity index (χ3n) is 4.97. The van der Waals surface area contributed by atoms with E-state index in [2.05, 4.69) is 39.4 Å². The molecule has 0 bridgehead atoms. The van der Waals surface area contributed by atoms with Crippen LogP contribution in [0, 0.1) is 0 Å². The van der Waals surface area contributed by atoms with E-state index >= 15 is 0 Å². The summed E-state index contributed by atoms with van der Waals surface area (Å²) in [4.78, 5) is 0. The van der Waals surface area contributed by atoms with Gasteiger partial charge < -0.3 is 10.4 Å². The summed E-state index contributed by atoms with van der Waals surface area (Å²) in [6, 6.07) is 18.3. The van der Waals surface area contributed by atoms with Crippen molar-refractivity contribution in [2.24, 2.45) is 0 Å². The van der Waals surface area contributed by atoms with E-state index in [4.69, 9.17) is 0 Å². The summed E-state index contributed by atoms with van der Waals surface area (Å²) < 4.78 is 2.14. The first-order valence-corrected chi connectivity index (χ1v) is 8.90. The van der Waals surface area contributed by atoms with E-state index in [-0.39, 0.29) is 0 Å². The quantitative estimate of drug-likeness (QED) is 0.746. The Morgan fingerprint density at radius 2 is 1.88 bits per heavy atom. The monoisotopic (exact) mass is 333 g/mol. The van der Waals surface area contributed by atoms with Gasteiger partial charge in [-0.2, -0.15) is 5.10 Å². The number of fused-ring (bicyclic) bond motifs is 1. The first-order chi connectivity index (χ1) is 12.3. The van der Waals surface area contributed by atoms with Gasteiger partial charge in [-0.05, 0) is 30.9 Å². The van der Waals surface area contributed by atoms with Crippen molar-refractivity contribution in [3.8, 4) is 5.75 Å². The average Bonchev–Trinajstić information content (AvgIpc) is 3.05. The number of para-hydroxylation sites is 1. The fourth-order valence-electron chi connectivity index (χ4n) is 3.62. The summed E-state index contributed by atoms with van der Waals surface area (Å²) in [6.07, 6.45) is 5.36. The molecule has 128 valence electrons. The summed E-state index contributed by atoms with van der Waals surface area (Å²) in [7, 11) is 0. The van der Waals surface area contributed by atoms with Crippen molar-refractivity contribution in [1.29, 1.82) is 0 Å². The van der Waals surface area contributed by atoms with Gasteiger partial charge in [0, 0.05) is 29.4 Å². The molecule has 2 N–H and O–H groups in total. The maximum atomic E-state index is 9.95. The standard InChI is InChI=1S/C21H23N3O/c25-21-12-5-4-9-17(21)13-22-19-10-6-11-20-18(19)14-23-24(20)15-16-7-2-1-3-8-16/h1-5,7-9,12,14,19,22,25H,6,10-11,13,15H2. The Morgan fingerprint density at radius 3 is 2.72 bits per heavy atom. The lowest BCUT2D eigenvalue weighted by molar-refractivity contribution is 0.433. The molecule has 0 amide bonds. The number of rotatable bonds is 5. The number of nitrogens with one attached hydrogen (secondary N) is 1. The van der Waals surface area contributed by atoms with Crippen molar-refractivity contribution < 1.29 is 5.11 Å². The van der Waals surface area contributed by atoms with Crippen molar-refractivity contribution in [3.05, 3.63) is 83.2 Å². The second-order valence-corrected chi connectivity index (χ2v) is 6.64. The first kappa shape index (κ1) is 15.9. The summed E-state index contributed by atoms with van der Waals surface area (Å²) in [5.74, 6) is 0.353. The molecule has 25 heavy (non-hydrogen) atoms. The minimum Gasteiger partial charge on any atom is -0.508 e. The predicted octanol–water partition coefficient (Wildman–Crippen LogP) is 3.80. The molecule has 0 saturated carbocycles. The second kappa shape index (κ2) is 7.11. The number of phenolic OH excluding ortho intramolecular Hbond substituents is 1. The Bertz CT molecular complexity index is 841. The molecule has 1 aliphatic carbocycles. The number of aromatic nitrogens is 2. The number of phenols is 1. The fourth-order valence-corrected chi connectivity index (χ4v) is 3.62. The highest BCUT2D eigenvalue weighted by atomic mass is 16.3. The Kier molecular flexibility index (Phi) is 4.53. The Morgan fingerprint density at radius 1 is 1.08 bits per heavy atom. The van der Waals surface area contributed by atoms with Crippen LogP contribution in [0.1, 0.15) is 41.3 Å². The largest absolute Gasteiger partial charge is 0.508 e. The highest BCUT2D eigenvalue weighted by Crippen LogP contribution is 2.30. The van der Waals surface area contributed by atoms with Gasteiger partial charge in [0.15, 0.2) is 0 Å². The van der Waals surface area contributed by atoms with Crippen LogP contribution in [0.5, 0.6) is 5.75 Å². The SMILES string of the molecule is Oc1ccccc1CNC1CCCc2c1cnn2Cc1ccccc1. The van der Waals surface area contributed by atoms with Crippen LogP contribution in [0.25, 0.3) is 0 Å². The Labute approximate surface area is 148 Å². The summed E-state index contributed by atoms with van der Waals surface area (Å²) in [5, 5.41) is 18.2. The zero-order valence-electron chi connectivity index (χ0n) is 14.2. The zero-order valence-corrected chi connectivity index (χ0v) is 14.2. The molecule has 4 nitrogen and oxygen atoms in total. The lowest BCUT2D eigenvalue weighted by Crippen LogP contribution is -2.25. The molecular formula is C21H23N3O. The predicted molar refractivity (Wildman–Crippen MR) is 98.4 cm³/mol. The highest BCUT2D eigenvalue weighted by Gasteiger charge is 2.24. The van der Waals surface area contributed by atoms with Crippen molar-refractivity contribution in [2.75, 3.05) is 0 Å². The van der Waals surface area contributed by atoms with Gasteiger partial charge in [0.1, 0.15) is 5.75 Å². The van der Waals surface area contributed by atoms with Crippen molar-refractivity contribution in [3.63, 3.8) is 0 Å². The normalized spacial score (nSPS) is 16.6. The molecule has 1 heterocycles. The molecule has 1 unspecified atom stereocenters. The number of nitrogens with zero attached hydrogens (tertiary/aromatic N) is 2. The van der Waals surface area contributed by atoms with Crippen LogP contribution in [-0.4, -0.2) is 14.9 Å². The van der Waals surface area contributed by atoms with Gasteiger partial charge in [-0.1, -0.05) is 48.5 Å². The molecule has 4 rings (SSSR count). The van der Waals surface area contributed by atoms with Crippen LogP contribution in [0.3, 0.4) is 0 Å². The lowest BCUT2D eigenvalue weighted by Gasteiger charge is -2.24. The molecule has 0 aliphatic heterocycles. The van der Waals surface area contributed by atoms with E-state index in [1.807, 2.05) is 30.5 Å². The first-order valence-electron chi connectivity index (χ1n) is 8.90. The summed E-state index contributed by atoms with van der Waals surface area (Å²) in [6.45, 7) is 1.49. The third kappa shape index (κ3) is 3.44. The number of hydrogen-bond donors (Lipinski definition) is 2. The van der Waals surface area contributed by atoms with E-state index in [9.17, 15) is 5.11 Å². The van der Waals surface area contributed by atoms with Crippen LogP contribution in [0.4, 0.5) is 0 Å². The van der Waals surface area contributed by atoms with Crippen LogP contribution < -0.4 is 5.32 Å². The second-order valence-electron chi connectivity index (χ2n) is 6.64. The van der Waals surface area contributed by atoms with Gasteiger partial charge >= 0.3 is 0 Å². The third-order valence-corrected chi connectivity index (χ3v) is 4.97. The molecular weight excluding hydrogens is 310 g/mol. The van der Waals surface area contributed by atoms with Gasteiger partial charge in [-0.25, -0.2) is 0 Å². The van der Waals surface area contributed by atoms with E-state index in [0.717, 1.165) is 31.4 Å². The average molecular weight is 333 g/mol. The minimum atomic E-state index is 0.299. The fraction of sp³-hybridized carbons (Fsp3) is 0.286. The van der Waals surface area contributed by atoms with Crippen molar-refractivity contribution >= 4 is 0 Å². The molecule has 1 aliphatic rings. The van der Waals surface area contributed by atoms with Crippen LogP contribution in [-0.2, 0) is 19.5 Å². The molecule has 0 radical (unpaired) electrons. The summed E-state index contributed by atoms with van der Waals surface area (Å²) >= 11 is 0. The minimum absolute atomic E-state index is 0.299. The molecule has 2 aromatic carbocycles. The molecule has 0 spiro atoms. The van der Waals surface area contributed by atoms with Gasteiger partial charge in [0.25, 0.3) is 0 Å². The lowest BCUT2D eigenvalue weighted by atomic mass is 9.92. The van der Waals surface area contributed by atoms with Crippen molar-refractivity contribution in [1.82, 2.24) is 15.1 Å². The van der Waals surface area contributed by atoms with Gasteiger partial charge in [0.05, 0.1) is 12.7 Å². The highest BCUT2D eigenvalue weighted by molar-refractivity contribution is 5.32. The Hall–Kier alpha value is -2.59. The van der Waals surface area contributed by atoms with E-state index in [0.29, 0.717) is 18.3 Å². The molecule has 0 saturated heterocycles. The smallest absolute Gasteiger partial charge is 0.120 e. The van der Waals surface area contributed by atoms with Crippen LogP contribution >= 0.6 is 0 Å². The van der Waals surface area contributed by atoms with Crippen LogP contribution in [0.2, 0.25) is 0 Å². The molecule has 4 heteroatoms. The maximum Gasteiger partial charge on any atom is 0.120 e. The number of benzene rings is 2. The van der Waals surface area contributed by atoms with Gasteiger partial charge in [-0.15, -0.1) is 0 Å². The van der Waals surface area contributed by atoms with E-state index < -0.39 is 0 Å². The molecule has 1 aromatic heterocycles. The molecule has 3 aromatic rings. The van der Waals surface area contributed by atoms with Crippen LogP contribution in [0.15, 0.2) is 60.8 Å². The van der Waals surface area contributed by atoms with Gasteiger partial charge in [0.2, 0.25) is 0 Å². The maximum absolute atomic E-state index is 9.95. The van der Waals surface area contributed by atoms with E-state index in [1.165, 1.54) is 16.8 Å². The Balaban J connectivity index is 1.50. The van der Waals surface area contributed by atoms with Crippen molar-refractivity contribution in [2.45, 2.75) is 38.4 Å². The topological polar surface area (TPSA) is 50.1 Å². The zero-order chi connectivity index (χ0) is 17.1. The number of aromatic hydroxyl groups is 1. The summed E-state index contributed by atoms with van der Waals surface area (Å²) in [5.41, 5.74) is 4.85. The van der Waals surface area contributed by atoms with Gasteiger partial charge in [-0.3, -0.25) is 4.68 Å².